The molecule has 2 N–H and O–H groups in total. The number of aryl methyl sites for hydroxylation is 2. The molecule has 0 atom stereocenters. The molecule has 0 amide bonds. The molecule has 20 heavy (non-hydrogen) atoms. The van der Waals surface area contributed by atoms with Crippen LogP contribution in [-0.4, -0.2) is 9.55 Å². The summed E-state index contributed by atoms with van der Waals surface area (Å²) in [6.45, 7) is 2.29. The third-order valence-corrected chi connectivity index (χ3v) is 3.58. The number of hydrogen-bond donors (Lipinski definition) is 1. The van der Waals surface area contributed by atoms with Crippen molar-refractivity contribution in [2.45, 2.75) is 13.5 Å². The van der Waals surface area contributed by atoms with Crippen LogP contribution in [0, 0.1) is 12.7 Å². The lowest BCUT2D eigenvalue weighted by Gasteiger charge is -2.04. The molecule has 1 aromatic heterocycles. The van der Waals surface area contributed by atoms with Gasteiger partial charge >= 0.3 is 0 Å². The van der Waals surface area contributed by atoms with Crippen molar-refractivity contribution in [3.05, 3.63) is 53.3 Å². The highest BCUT2D eigenvalue weighted by atomic mass is 19.1. The van der Waals surface area contributed by atoms with Crippen LogP contribution in [0.2, 0.25) is 0 Å². The van der Waals surface area contributed by atoms with Crippen molar-refractivity contribution in [2.75, 3.05) is 0 Å². The average Bonchev–Trinajstić information content (AvgIpc) is 2.76. The Bertz CT molecular complexity index is 790. The highest BCUT2D eigenvalue weighted by molar-refractivity contribution is 5.83. The minimum atomic E-state index is -0.252. The summed E-state index contributed by atoms with van der Waals surface area (Å²) in [6.07, 6.45) is 0. The molecule has 0 aliphatic heterocycles. The van der Waals surface area contributed by atoms with E-state index in [0.29, 0.717) is 17.9 Å². The number of nitrogens with zero attached hydrogens (tertiary/aromatic N) is 2. The SMILES string of the molecule is Cc1ccc(-c2nc3c(CN)cccc3n2C)c(F)c1. The third-order valence-electron chi connectivity index (χ3n) is 3.58. The Kier molecular flexibility index (Phi) is 3.03. The zero-order valence-electron chi connectivity index (χ0n) is 11.5. The van der Waals surface area contributed by atoms with Gasteiger partial charge in [-0.05, 0) is 36.2 Å². The summed E-state index contributed by atoms with van der Waals surface area (Å²) in [5.74, 6) is 0.371. The maximum Gasteiger partial charge on any atom is 0.143 e. The molecule has 102 valence electrons. The molecule has 3 nitrogen and oxygen atoms in total. The van der Waals surface area contributed by atoms with Crippen molar-refractivity contribution in [1.29, 1.82) is 0 Å². The Morgan fingerprint density at radius 3 is 2.75 bits per heavy atom. The molecule has 1 heterocycles. The fourth-order valence-electron chi connectivity index (χ4n) is 2.48. The molecule has 0 fully saturated rings. The molecule has 3 rings (SSSR count). The van der Waals surface area contributed by atoms with E-state index in [4.69, 9.17) is 5.73 Å². The number of benzene rings is 2. The van der Waals surface area contributed by atoms with E-state index >= 15 is 0 Å². The van der Waals surface area contributed by atoms with Crippen LogP contribution < -0.4 is 5.73 Å². The summed E-state index contributed by atoms with van der Waals surface area (Å²) in [5, 5.41) is 0. The van der Waals surface area contributed by atoms with E-state index in [9.17, 15) is 4.39 Å². The highest BCUT2D eigenvalue weighted by Crippen LogP contribution is 2.27. The molecule has 0 aliphatic carbocycles. The topological polar surface area (TPSA) is 43.8 Å². The van der Waals surface area contributed by atoms with Crippen LogP contribution in [0.25, 0.3) is 22.4 Å². The van der Waals surface area contributed by atoms with Crippen molar-refractivity contribution in [2.24, 2.45) is 12.8 Å². The summed E-state index contributed by atoms with van der Waals surface area (Å²) in [4.78, 5) is 4.59. The maximum absolute atomic E-state index is 14.1. The van der Waals surface area contributed by atoms with Gasteiger partial charge in [-0.25, -0.2) is 9.37 Å². The van der Waals surface area contributed by atoms with E-state index in [2.05, 4.69) is 4.98 Å². The molecule has 0 radical (unpaired) electrons. The Balaban J connectivity index is 2.29. The van der Waals surface area contributed by atoms with Gasteiger partial charge in [0.2, 0.25) is 0 Å². The number of hydrogen-bond acceptors (Lipinski definition) is 2. The van der Waals surface area contributed by atoms with E-state index in [1.807, 2.05) is 42.8 Å². The number of rotatable bonds is 2. The van der Waals surface area contributed by atoms with Gasteiger partial charge in [0.25, 0.3) is 0 Å². The number of fused-ring (bicyclic) bond motifs is 1. The molecule has 0 spiro atoms. The second-order valence-electron chi connectivity index (χ2n) is 4.97. The van der Waals surface area contributed by atoms with Crippen molar-refractivity contribution in [3.8, 4) is 11.4 Å². The molecule has 0 saturated carbocycles. The predicted molar refractivity (Wildman–Crippen MR) is 78.7 cm³/mol. The minimum Gasteiger partial charge on any atom is -0.327 e. The van der Waals surface area contributed by atoms with Gasteiger partial charge < -0.3 is 10.3 Å². The summed E-state index contributed by atoms with van der Waals surface area (Å²) in [5.41, 5.74) is 9.92. The minimum absolute atomic E-state index is 0.252. The summed E-state index contributed by atoms with van der Waals surface area (Å²) < 4.78 is 16.1. The second-order valence-corrected chi connectivity index (χ2v) is 4.97. The van der Waals surface area contributed by atoms with Crippen LogP contribution in [0.1, 0.15) is 11.1 Å². The zero-order chi connectivity index (χ0) is 14.3. The van der Waals surface area contributed by atoms with Crippen LogP contribution in [0.15, 0.2) is 36.4 Å². The Hall–Kier alpha value is -2.20. The molecule has 3 aromatic rings. The van der Waals surface area contributed by atoms with Crippen LogP contribution >= 0.6 is 0 Å². The normalized spacial score (nSPS) is 11.2. The fourth-order valence-corrected chi connectivity index (χ4v) is 2.48. The van der Waals surface area contributed by atoms with Crippen molar-refractivity contribution in [3.63, 3.8) is 0 Å². The monoisotopic (exact) mass is 269 g/mol. The largest absolute Gasteiger partial charge is 0.327 e. The lowest BCUT2D eigenvalue weighted by molar-refractivity contribution is 0.628. The third kappa shape index (κ3) is 1.89. The average molecular weight is 269 g/mol. The Labute approximate surface area is 116 Å². The summed E-state index contributed by atoms with van der Waals surface area (Å²) in [7, 11) is 1.89. The van der Waals surface area contributed by atoms with Gasteiger partial charge in [-0.1, -0.05) is 18.2 Å². The smallest absolute Gasteiger partial charge is 0.143 e. The first-order valence-corrected chi connectivity index (χ1v) is 6.52. The number of halogens is 1. The van der Waals surface area contributed by atoms with E-state index in [-0.39, 0.29) is 5.82 Å². The van der Waals surface area contributed by atoms with E-state index in [0.717, 1.165) is 22.2 Å². The van der Waals surface area contributed by atoms with Crippen molar-refractivity contribution in [1.82, 2.24) is 9.55 Å². The summed E-state index contributed by atoms with van der Waals surface area (Å²) in [6, 6.07) is 11.1. The van der Waals surface area contributed by atoms with Crippen molar-refractivity contribution >= 4 is 11.0 Å². The van der Waals surface area contributed by atoms with Gasteiger partial charge in [0.05, 0.1) is 16.6 Å². The van der Waals surface area contributed by atoms with E-state index in [1.165, 1.54) is 6.07 Å². The molecule has 0 bridgehead atoms. The molecule has 2 aromatic carbocycles. The highest BCUT2D eigenvalue weighted by Gasteiger charge is 2.15. The first kappa shape index (κ1) is 12.8. The standard InChI is InChI=1S/C16H16FN3/c1-10-6-7-12(13(17)8-10)16-19-15-11(9-18)4-3-5-14(15)20(16)2/h3-8H,9,18H2,1-2H3. The predicted octanol–water partition coefficient (Wildman–Crippen LogP) is 3.15. The number of nitrogens with two attached hydrogens (primary N) is 1. The van der Waals surface area contributed by atoms with E-state index < -0.39 is 0 Å². The Morgan fingerprint density at radius 2 is 2.05 bits per heavy atom. The lowest BCUT2D eigenvalue weighted by atomic mass is 10.1. The maximum atomic E-state index is 14.1. The lowest BCUT2D eigenvalue weighted by Crippen LogP contribution is -1.97. The molecule has 0 unspecified atom stereocenters. The van der Waals surface area contributed by atoms with Crippen LogP contribution in [0.4, 0.5) is 4.39 Å². The van der Waals surface area contributed by atoms with Gasteiger partial charge in [-0.3, -0.25) is 0 Å². The van der Waals surface area contributed by atoms with Gasteiger partial charge in [0, 0.05) is 13.6 Å². The zero-order valence-corrected chi connectivity index (χ0v) is 11.5. The van der Waals surface area contributed by atoms with Crippen molar-refractivity contribution < 1.29 is 4.39 Å². The molecular weight excluding hydrogens is 253 g/mol. The van der Waals surface area contributed by atoms with Gasteiger partial charge in [0.15, 0.2) is 0 Å². The fraction of sp³-hybridized carbons (Fsp3) is 0.188. The molecule has 0 saturated heterocycles. The van der Waals surface area contributed by atoms with Gasteiger partial charge in [0.1, 0.15) is 11.6 Å². The van der Waals surface area contributed by atoms with E-state index in [1.54, 1.807) is 6.07 Å². The Morgan fingerprint density at radius 1 is 1.25 bits per heavy atom. The first-order chi connectivity index (χ1) is 9.61. The molecule has 0 aliphatic rings. The van der Waals surface area contributed by atoms with Gasteiger partial charge in [-0.15, -0.1) is 0 Å². The molecule has 4 heteroatoms. The number of imidazole rings is 1. The first-order valence-electron chi connectivity index (χ1n) is 6.52. The summed E-state index contributed by atoms with van der Waals surface area (Å²) >= 11 is 0. The van der Waals surface area contributed by atoms with Crippen LogP contribution in [0.3, 0.4) is 0 Å². The van der Waals surface area contributed by atoms with Gasteiger partial charge in [-0.2, -0.15) is 0 Å². The molecular formula is C16H16FN3. The number of aromatic nitrogens is 2. The second kappa shape index (κ2) is 4.72. The quantitative estimate of drug-likeness (QED) is 0.776. The van der Waals surface area contributed by atoms with Crippen LogP contribution in [0.5, 0.6) is 0 Å². The number of para-hydroxylation sites is 1. The van der Waals surface area contributed by atoms with Crippen LogP contribution in [-0.2, 0) is 13.6 Å².